The van der Waals surface area contributed by atoms with Crippen molar-refractivity contribution < 1.29 is 0 Å². The van der Waals surface area contributed by atoms with Crippen LogP contribution in [-0.2, 0) is 6.54 Å². The maximum absolute atomic E-state index is 4.68. The molecule has 1 unspecified atom stereocenters. The second-order valence-electron chi connectivity index (χ2n) is 5.47. The van der Waals surface area contributed by atoms with Crippen LogP contribution >= 0.6 is 11.3 Å². The first kappa shape index (κ1) is 14.6. The second kappa shape index (κ2) is 7.11. The first-order valence-corrected chi connectivity index (χ1v) is 8.54. The maximum Gasteiger partial charge on any atom is 0.142 e. The van der Waals surface area contributed by atoms with Gasteiger partial charge >= 0.3 is 0 Å². The molecule has 0 saturated carbocycles. The van der Waals surface area contributed by atoms with Crippen LogP contribution in [0.3, 0.4) is 0 Å². The Morgan fingerprint density at radius 1 is 1.43 bits per heavy atom. The Bertz CT molecular complexity index is 554. The van der Waals surface area contributed by atoms with Crippen LogP contribution in [0.5, 0.6) is 0 Å². The van der Waals surface area contributed by atoms with E-state index in [0.717, 1.165) is 36.0 Å². The number of hydrogen-bond donors (Lipinski definition) is 1. The Labute approximate surface area is 130 Å². The summed E-state index contributed by atoms with van der Waals surface area (Å²) in [5.41, 5.74) is 2.08. The lowest BCUT2D eigenvalue weighted by Gasteiger charge is -2.32. The van der Waals surface area contributed by atoms with E-state index in [1.807, 2.05) is 24.4 Å². The largest absolute Gasteiger partial charge is 0.307 e. The van der Waals surface area contributed by atoms with Crippen molar-refractivity contribution in [3.63, 3.8) is 0 Å². The zero-order chi connectivity index (χ0) is 14.5. The molecule has 0 amide bonds. The minimum Gasteiger partial charge on any atom is -0.307 e. The molecule has 1 atom stereocenters. The Kier molecular flexibility index (Phi) is 4.95. The molecule has 0 bridgehead atoms. The van der Waals surface area contributed by atoms with Gasteiger partial charge in [0, 0.05) is 30.7 Å². The Balaban J connectivity index is 1.55. The van der Waals surface area contributed by atoms with Crippen LogP contribution in [0, 0.1) is 0 Å². The molecule has 3 rings (SSSR count). The molecule has 1 N–H and O–H groups in total. The van der Waals surface area contributed by atoms with Crippen molar-refractivity contribution in [2.24, 2.45) is 0 Å². The molecule has 4 nitrogen and oxygen atoms in total. The lowest BCUT2D eigenvalue weighted by atomic mass is 10.1. The molecule has 1 fully saturated rings. The number of hydrogen-bond acceptors (Lipinski definition) is 5. The summed E-state index contributed by atoms with van der Waals surface area (Å²) in [6.07, 6.45) is 4.38. The molecule has 0 aromatic carbocycles. The van der Waals surface area contributed by atoms with E-state index in [1.165, 1.54) is 19.4 Å². The molecule has 112 valence electrons. The molecular formula is C16H22N4S. The summed E-state index contributed by atoms with van der Waals surface area (Å²) in [4.78, 5) is 11.6. The first-order chi connectivity index (χ1) is 10.3. The third kappa shape index (κ3) is 3.87. The van der Waals surface area contributed by atoms with Gasteiger partial charge in [0.25, 0.3) is 0 Å². The van der Waals surface area contributed by atoms with Gasteiger partial charge in [-0.3, -0.25) is 4.98 Å². The number of thiazole rings is 1. The van der Waals surface area contributed by atoms with Crippen molar-refractivity contribution in [1.29, 1.82) is 0 Å². The fourth-order valence-electron chi connectivity index (χ4n) is 2.75. The fourth-order valence-corrected chi connectivity index (χ4v) is 3.55. The molecule has 1 saturated heterocycles. The lowest BCUT2D eigenvalue weighted by Crippen LogP contribution is -2.45. The molecule has 0 radical (unpaired) electrons. The average molecular weight is 302 g/mol. The highest BCUT2D eigenvalue weighted by Gasteiger charge is 2.18. The minimum atomic E-state index is 0.596. The van der Waals surface area contributed by atoms with Gasteiger partial charge in [-0.05, 0) is 38.1 Å². The monoisotopic (exact) mass is 302 g/mol. The molecule has 21 heavy (non-hydrogen) atoms. The van der Waals surface area contributed by atoms with Crippen LogP contribution in [0.1, 0.15) is 25.5 Å². The number of nitrogens with zero attached hydrogens (tertiary/aromatic N) is 3. The van der Waals surface area contributed by atoms with Gasteiger partial charge in [-0.15, -0.1) is 11.3 Å². The SMILES string of the molecule is CCN1CCCC(NCc2csc(-c3ccccn3)n2)C1. The van der Waals surface area contributed by atoms with E-state index < -0.39 is 0 Å². The van der Waals surface area contributed by atoms with E-state index in [0.29, 0.717) is 6.04 Å². The first-order valence-electron chi connectivity index (χ1n) is 7.66. The highest BCUT2D eigenvalue weighted by molar-refractivity contribution is 7.13. The van der Waals surface area contributed by atoms with Crippen molar-refractivity contribution in [3.05, 3.63) is 35.5 Å². The molecule has 0 spiro atoms. The van der Waals surface area contributed by atoms with E-state index >= 15 is 0 Å². The van der Waals surface area contributed by atoms with Crippen LogP contribution in [-0.4, -0.2) is 40.5 Å². The molecule has 3 heterocycles. The van der Waals surface area contributed by atoms with Crippen molar-refractivity contribution >= 4 is 11.3 Å². The lowest BCUT2D eigenvalue weighted by molar-refractivity contribution is 0.198. The molecule has 2 aromatic rings. The summed E-state index contributed by atoms with van der Waals surface area (Å²) in [6.45, 7) is 6.65. The van der Waals surface area contributed by atoms with E-state index in [2.05, 4.69) is 32.5 Å². The summed E-state index contributed by atoms with van der Waals surface area (Å²) >= 11 is 1.67. The number of pyridine rings is 1. The highest BCUT2D eigenvalue weighted by atomic mass is 32.1. The van der Waals surface area contributed by atoms with Gasteiger partial charge in [0.1, 0.15) is 5.01 Å². The smallest absolute Gasteiger partial charge is 0.142 e. The zero-order valence-electron chi connectivity index (χ0n) is 12.5. The topological polar surface area (TPSA) is 41.0 Å². The van der Waals surface area contributed by atoms with Crippen molar-refractivity contribution in [2.75, 3.05) is 19.6 Å². The number of likely N-dealkylation sites (tertiary alicyclic amines) is 1. The van der Waals surface area contributed by atoms with Gasteiger partial charge in [0.2, 0.25) is 0 Å². The normalized spacial score (nSPS) is 19.8. The number of aromatic nitrogens is 2. The average Bonchev–Trinajstić information content (AvgIpc) is 3.03. The van der Waals surface area contributed by atoms with Crippen molar-refractivity contribution in [1.82, 2.24) is 20.2 Å². The summed E-state index contributed by atoms with van der Waals surface area (Å²) in [5, 5.41) is 6.79. The van der Waals surface area contributed by atoms with Gasteiger partial charge < -0.3 is 10.2 Å². The standard InChI is InChI=1S/C16H22N4S/c1-2-20-9-5-6-13(11-20)18-10-14-12-21-16(19-14)15-7-3-4-8-17-15/h3-4,7-8,12-13,18H,2,5-6,9-11H2,1H3. The third-order valence-corrected chi connectivity index (χ3v) is 4.87. The molecular weight excluding hydrogens is 280 g/mol. The van der Waals surface area contributed by atoms with Crippen molar-refractivity contribution in [3.8, 4) is 10.7 Å². The van der Waals surface area contributed by atoms with Crippen LogP contribution in [0.4, 0.5) is 0 Å². The van der Waals surface area contributed by atoms with E-state index in [1.54, 1.807) is 11.3 Å². The summed E-state index contributed by atoms with van der Waals surface area (Å²) < 4.78 is 0. The third-order valence-electron chi connectivity index (χ3n) is 3.96. The number of likely N-dealkylation sites (N-methyl/N-ethyl adjacent to an activating group) is 1. The van der Waals surface area contributed by atoms with Gasteiger partial charge in [0.15, 0.2) is 0 Å². The Morgan fingerprint density at radius 2 is 2.38 bits per heavy atom. The van der Waals surface area contributed by atoms with E-state index in [-0.39, 0.29) is 0 Å². The predicted octanol–water partition coefficient (Wildman–Crippen LogP) is 2.78. The van der Waals surface area contributed by atoms with Gasteiger partial charge in [-0.1, -0.05) is 13.0 Å². The second-order valence-corrected chi connectivity index (χ2v) is 6.33. The fraction of sp³-hybridized carbons (Fsp3) is 0.500. The molecule has 2 aromatic heterocycles. The molecule has 1 aliphatic rings. The van der Waals surface area contributed by atoms with Gasteiger partial charge in [-0.2, -0.15) is 0 Å². The zero-order valence-corrected chi connectivity index (χ0v) is 13.3. The summed E-state index contributed by atoms with van der Waals surface area (Å²) in [7, 11) is 0. The summed E-state index contributed by atoms with van der Waals surface area (Å²) in [6, 6.07) is 6.54. The highest BCUT2D eigenvalue weighted by Crippen LogP contribution is 2.21. The predicted molar refractivity (Wildman–Crippen MR) is 87.3 cm³/mol. The Hall–Kier alpha value is -1.30. The van der Waals surface area contributed by atoms with Crippen LogP contribution in [0.2, 0.25) is 0 Å². The quantitative estimate of drug-likeness (QED) is 0.922. The van der Waals surface area contributed by atoms with Gasteiger partial charge in [0.05, 0.1) is 11.4 Å². The number of rotatable bonds is 5. The Morgan fingerprint density at radius 3 is 3.19 bits per heavy atom. The van der Waals surface area contributed by atoms with Crippen LogP contribution in [0.15, 0.2) is 29.8 Å². The van der Waals surface area contributed by atoms with Crippen LogP contribution < -0.4 is 5.32 Å². The number of nitrogens with one attached hydrogen (secondary N) is 1. The summed E-state index contributed by atoms with van der Waals surface area (Å²) in [5.74, 6) is 0. The molecule has 0 aliphatic carbocycles. The molecule has 1 aliphatic heterocycles. The molecule has 5 heteroatoms. The van der Waals surface area contributed by atoms with E-state index in [4.69, 9.17) is 0 Å². The van der Waals surface area contributed by atoms with Gasteiger partial charge in [-0.25, -0.2) is 4.98 Å². The van der Waals surface area contributed by atoms with E-state index in [9.17, 15) is 0 Å². The minimum absolute atomic E-state index is 0.596. The maximum atomic E-state index is 4.68. The van der Waals surface area contributed by atoms with Crippen molar-refractivity contribution in [2.45, 2.75) is 32.4 Å². The van der Waals surface area contributed by atoms with Crippen LogP contribution in [0.25, 0.3) is 10.7 Å². The number of piperidine rings is 1.